The van der Waals surface area contributed by atoms with Crippen LogP contribution >= 0.6 is 23.2 Å². The first-order chi connectivity index (χ1) is 17.3. The summed E-state index contributed by atoms with van der Waals surface area (Å²) in [7, 11) is 0. The first kappa shape index (κ1) is 25.7. The molecular formula is C30H28Cl2N2O2. The molecule has 2 aromatic carbocycles. The Hall–Kier alpha value is -3.34. The molecule has 0 fully saturated rings. The standard InChI is InChI=1S/C30H28Cl2N2O2/c1-6-33-27-15-12-21(16-23(27)18(2)3)20-10-13-22(14-11-20)35-17-24-29(34-36-30(24)19(4)5)28-25(31)8-7-9-26(28)32/h6-16,19H,1,17H2,2-5H3/b33-27-. The number of ether oxygens (including phenoxy) is 1. The lowest BCUT2D eigenvalue weighted by atomic mass is 9.93. The van der Waals surface area contributed by atoms with Gasteiger partial charge in [0.25, 0.3) is 0 Å². The van der Waals surface area contributed by atoms with E-state index in [4.69, 9.17) is 32.5 Å². The van der Waals surface area contributed by atoms with E-state index in [0.29, 0.717) is 21.3 Å². The number of benzene rings is 2. The van der Waals surface area contributed by atoms with Crippen LogP contribution in [0.2, 0.25) is 10.0 Å². The van der Waals surface area contributed by atoms with Crippen LogP contribution in [0.3, 0.4) is 0 Å². The third kappa shape index (κ3) is 5.40. The van der Waals surface area contributed by atoms with Crippen LogP contribution in [0.1, 0.15) is 50.5 Å². The van der Waals surface area contributed by atoms with Gasteiger partial charge in [-0.3, -0.25) is 4.99 Å². The molecule has 0 unspecified atom stereocenters. The van der Waals surface area contributed by atoms with E-state index in [1.807, 2.05) is 44.2 Å². The van der Waals surface area contributed by atoms with E-state index < -0.39 is 0 Å². The number of halogens is 2. The van der Waals surface area contributed by atoms with Crippen molar-refractivity contribution in [1.82, 2.24) is 5.16 Å². The Balaban J connectivity index is 1.58. The zero-order valence-corrected chi connectivity index (χ0v) is 22.3. The van der Waals surface area contributed by atoms with Gasteiger partial charge in [-0.1, -0.05) is 78.6 Å². The predicted octanol–water partition coefficient (Wildman–Crippen LogP) is 9.22. The summed E-state index contributed by atoms with van der Waals surface area (Å²) in [4.78, 5) is 4.38. The lowest BCUT2D eigenvalue weighted by molar-refractivity contribution is 0.298. The van der Waals surface area contributed by atoms with Crippen LogP contribution in [0.15, 0.2) is 94.1 Å². The highest BCUT2D eigenvalue weighted by molar-refractivity contribution is 6.39. The maximum atomic E-state index is 6.46. The van der Waals surface area contributed by atoms with Crippen molar-refractivity contribution < 1.29 is 9.26 Å². The lowest BCUT2D eigenvalue weighted by Gasteiger charge is -2.14. The van der Waals surface area contributed by atoms with Crippen LogP contribution in [-0.2, 0) is 6.61 Å². The van der Waals surface area contributed by atoms with Gasteiger partial charge in [0.1, 0.15) is 23.8 Å². The molecule has 1 aliphatic rings. The highest BCUT2D eigenvalue weighted by Crippen LogP contribution is 2.39. The maximum Gasteiger partial charge on any atom is 0.146 e. The molecule has 6 heteroatoms. The summed E-state index contributed by atoms with van der Waals surface area (Å²) in [5.41, 5.74) is 7.50. The summed E-state index contributed by atoms with van der Waals surface area (Å²) in [6, 6.07) is 13.4. The number of nitrogens with zero attached hydrogens (tertiary/aromatic N) is 2. The molecule has 0 radical (unpaired) electrons. The smallest absolute Gasteiger partial charge is 0.146 e. The molecule has 4 nitrogen and oxygen atoms in total. The molecule has 3 aromatic rings. The second kappa shape index (κ2) is 11.2. The SMILES string of the molecule is C=C/N=C1/C=CC(c2ccc(OCc3c(-c4c(Cl)cccc4Cl)noc3C(C)C)cc2)=CC1=C(C)C. The molecule has 0 saturated heterocycles. The van der Waals surface area contributed by atoms with E-state index in [1.54, 1.807) is 24.4 Å². The number of aromatic nitrogens is 1. The van der Waals surface area contributed by atoms with Gasteiger partial charge in [-0.2, -0.15) is 0 Å². The van der Waals surface area contributed by atoms with Crippen LogP contribution in [0.25, 0.3) is 16.8 Å². The molecule has 0 atom stereocenters. The molecule has 0 bridgehead atoms. The van der Waals surface area contributed by atoms with Gasteiger partial charge in [-0.25, -0.2) is 0 Å². The largest absolute Gasteiger partial charge is 0.489 e. The molecule has 4 rings (SSSR count). The molecule has 0 amide bonds. The molecule has 0 N–H and O–H groups in total. The Kier molecular flexibility index (Phi) is 7.97. The number of hydrogen-bond donors (Lipinski definition) is 0. The third-order valence-corrected chi connectivity index (χ3v) is 6.51. The summed E-state index contributed by atoms with van der Waals surface area (Å²) in [6.45, 7) is 12.3. The molecule has 0 saturated carbocycles. The van der Waals surface area contributed by atoms with Crippen LogP contribution in [0.5, 0.6) is 5.75 Å². The van der Waals surface area contributed by atoms with Crippen molar-refractivity contribution in [2.24, 2.45) is 4.99 Å². The fourth-order valence-electron chi connectivity index (χ4n) is 4.06. The van der Waals surface area contributed by atoms with Crippen LogP contribution in [0, 0.1) is 0 Å². The minimum atomic E-state index is 0.123. The number of aliphatic imine (C=N–C) groups is 1. The number of allylic oxidation sites excluding steroid dienone is 6. The maximum absolute atomic E-state index is 6.46. The van der Waals surface area contributed by atoms with E-state index >= 15 is 0 Å². The van der Waals surface area contributed by atoms with Gasteiger partial charge in [0.05, 0.1) is 21.3 Å². The quantitative estimate of drug-likeness (QED) is 0.313. The van der Waals surface area contributed by atoms with Crippen LogP contribution < -0.4 is 4.74 Å². The van der Waals surface area contributed by atoms with Crippen molar-refractivity contribution in [2.45, 2.75) is 40.2 Å². The first-order valence-electron chi connectivity index (χ1n) is 11.7. The molecule has 0 aliphatic heterocycles. The summed E-state index contributed by atoms with van der Waals surface area (Å²) in [6.07, 6.45) is 7.80. The van der Waals surface area contributed by atoms with E-state index in [-0.39, 0.29) is 12.5 Å². The molecule has 1 aliphatic carbocycles. The Morgan fingerprint density at radius 1 is 1.08 bits per heavy atom. The number of hydrogen-bond acceptors (Lipinski definition) is 4. The zero-order chi connectivity index (χ0) is 25.8. The fourth-order valence-corrected chi connectivity index (χ4v) is 4.64. The van der Waals surface area contributed by atoms with E-state index in [1.165, 1.54) is 5.57 Å². The summed E-state index contributed by atoms with van der Waals surface area (Å²) >= 11 is 12.9. The highest BCUT2D eigenvalue weighted by atomic mass is 35.5. The van der Waals surface area contributed by atoms with E-state index in [2.05, 4.69) is 42.7 Å². The Morgan fingerprint density at radius 3 is 2.39 bits per heavy atom. The van der Waals surface area contributed by atoms with Gasteiger partial charge in [-0.15, -0.1) is 0 Å². The Bertz CT molecular complexity index is 1380. The summed E-state index contributed by atoms with van der Waals surface area (Å²) in [5.74, 6) is 1.61. The van der Waals surface area contributed by atoms with E-state index in [0.717, 1.165) is 39.5 Å². The first-order valence-corrected chi connectivity index (χ1v) is 12.5. The predicted molar refractivity (Wildman–Crippen MR) is 150 cm³/mol. The Morgan fingerprint density at radius 2 is 1.78 bits per heavy atom. The fraction of sp³-hybridized carbons (Fsp3) is 0.200. The van der Waals surface area contributed by atoms with Gasteiger partial charge < -0.3 is 9.26 Å². The average Bonchev–Trinajstić information content (AvgIpc) is 3.27. The van der Waals surface area contributed by atoms with Gasteiger partial charge >= 0.3 is 0 Å². The van der Waals surface area contributed by atoms with Crippen molar-refractivity contribution in [3.05, 3.63) is 112 Å². The van der Waals surface area contributed by atoms with Crippen LogP contribution in [-0.4, -0.2) is 10.9 Å². The average molecular weight is 519 g/mol. The monoisotopic (exact) mass is 518 g/mol. The van der Waals surface area contributed by atoms with Gasteiger partial charge in [0.2, 0.25) is 0 Å². The van der Waals surface area contributed by atoms with Crippen molar-refractivity contribution in [2.75, 3.05) is 0 Å². The molecule has 1 heterocycles. The van der Waals surface area contributed by atoms with Crippen molar-refractivity contribution in [1.29, 1.82) is 0 Å². The molecule has 36 heavy (non-hydrogen) atoms. The van der Waals surface area contributed by atoms with Gasteiger partial charge in [0, 0.05) is 17.7 Å². The van der Waals surface area contributed by atoms with E-state index in [9.17, 15) is 0 Å². The van der Waals surface area contributed by atoms with Crippen molar-refractivity contribution in [3.8, 4) is 17.0 Å². The Labute approximate surface area is 222 Å². The highest BCUT2D eigenvalue weighted by Gasteiger charge is 2.24. The topological polar surface area (TPSA) is 47.6 Å². The lowest BCUT2D eigenvalue weighted by Crippen LogP contribution is -2.04. The second-order valence-corrected chi connectivity index (χ2v) is 9.80. The zero-order valence-electron chi connectivity index (χ0n) is 20.8. The van der Waals surface area contributed by atoms with Crippen molar-refractivity contribution in [3.63, 3.8) is 0 Å². The summed E-state index contributed by atoms with van der Waals surface area (Å²) < 4.78 is 11.9. The second-order valence-electron chi connectivity index (χ2n) is 8.98. The van der Waals surface area contributed by atoms with Crippen LogP contribution in [0.4, 0.5) is 0 Å². The summed E-state index contributed by atoms with van der Waals surface area (Å²) in [5, 5.41) is 5.33. The van der Waals surface area contributed by atoms with Gasteiger partial charge in [0.15, 0.2) is 0 Å². The minimum absolute atomic E-state index is 0.123. The number of rotatable bonds is 7. The van der Waals surface area contributed by atoms with Crippen molar-refractivity contribution >= 4 is 34.5 Å². The molecular weight excluding hydrogens is 491 g/mol. The molecule has 0 spiro atoms. The molecule has 184 valence electrons. The van der Waals surface area contributed by atoms with Gasteiger partial charge in [-0.05, 0) is 67.0 Å². The normalized spacial score (nSPS) is 14.4. The molecule has 1 aromatic heterocycles. The third-order valence-electron chi connectivity index (χ3n) is 5.88. The minimum Gasteiger partial charge on any atom is -0.489 e.